The van der Waals surface area contributed by atoms with Crippen LogP contribution in [0.25, 0.3) is 0 Å². The van der Waals surface area contributed by atoms with Crippen molar-refractivity contribution in [1.29, 1.82) is 0 Å². The first-order valence-electron chi connectivity index (χ1n) is 5.01. The Bertz CT molecular complexity index is 404. The summed E-state index contributed by atoms with van der Waals surface area (Å²) in [6.45, 7) is 0. The average Bonchev–Trinajstić information content (AvgIpc) is 3.11. The molecule has 0 bridgehead atoms. The lowest BCUT2D eigenvalue weighted by Crippen LogP contribution is -2.11. The van der Waals surface area contributed by atoms with E-state index < -0.39 is 5.97 Å². The summed E-state index contributed by atoms with van der Waals surface area (Å²) in [5, 5.41) is 3.10. The summed E-state index contributed by atoms with van der Waals surface area (Å²) in [5.41, 5.74) is 0.192. The van der Waals surface area contributed by atoms with Crippen LogP contribution in [0, 0.1) is 0 Å². The van der Waals surface area contributed by atoms with Crippen LogP contribution in [-0.4, -0.2) is 36.2 Å². The lowest BCUT2D eigenvalue weighted by molar-refractivity contribution is 0.0593. The molecule has 86 valence electrons. The van der Waals surface area contributed by atoms with E-state index in [4.69, 9.17) is 4.74 Å². The number of rotatable bonds is 4. The molecule has 0 amide bonds. The summed E-state index contributed by atoms with van der Waals surface area (Å²) in [7, 11) is 2.80. The van der Waals surface area contributed by atoms with Gasteiger partial charge in [-0.3, -0.25) is 0 Å². The summed E-state index contributed by atoms with van der Waals surface area (Å²) in [5.74, 6) is 0.250. The maximum atomic E-state index is 11.3. The minimum atomic E-state index is -0.500. The van der Waals surface area contributed by atoms with Gasteiger partial charge in [0, 0.05) is 12.1 Å². The van der Waals surface area contributed by atoms with Crippen molar-refractivity contribution in [2.75, 3.05) is 19.5 Å². The quantitative estimate of drug-likeness (QED) is 0.763. The van der Waals surface area contributed by atoms with E-state index in [-0.39, 0.29) is 5.69 Å². The van der Waals surface area contributed by atoms with Crippen LogP contribution in [-0.2, 0) is 4.74 Å². The molecule has 1 heterocycles. The number of carbonyl (C=O) groups excluding carboxylic acids is 1. The topological polar surface area (TPSA) is 73.3 Å². The number of carbonyl (C=O) groups is 1. The number of anilines is 1. The molecule has 1 N–H and O–H groups in total. The largest absolute Gasteiger partial charge is 0.481 e. The van der Waals surface area contributed by atoms with Crippen molar-refractivity contribution in [1.82, 2.24) is 9.97 Å². The second-order valence-corrected chi connectivity index (χ2v) is 3.53. The zero-order valence-electron chi connectivity index (χ0n) is 9.19. The van der Waals surface area contributed by atoms with E-state index in [1.807, 2.05) is 0 Å². The van der Waals surface area contributed by atoms with Crippen LogP contribution in [0.3, 0.4) is 0 Å². The van der Waals surface area contributed by atoms with Crippen LogP contribution >= 0.6 is 0 Å². The number of hydrogen-bond donors (Lipinski definition) is 1. The van der Waals surface area contributed by atoms with E-state index in [9.17, 15) is 4.79 Å². The van der Waals surface area contributed by atoms with Crippen molar-refractivity contribution in [3.8, 4) is 5.88 Å². The van der Waals surface area contributed by atoms with Crippen molar-refractivity contribution in [2.45, 2.75) is 18.9 Å². The Morgan fingerprint density at radius 1 is 1.44 bits per heavy atom. The van der Waals surface area contributed by atoms with Gasteiger partial charge in [-0.2, -0.15) is 4.98 Å². The minimum absolute atomic E-state index is 0.192. The number of hydrogen-bond acceptors (Lipinski definition) is 6. The van der Waals surface area contributed by atoms with E-state index in [0.717, 1.165) is 12.8 Å². The highest BCUT2D eigenvalue weighted by molar-refractivity contribution is 5.87. The van der Waals surface area contributed by atoms with Crippen LogP contribution in [0.4, 0.5) is 5.95 Å². The molecule has 6 heteroatoms. The molecule has 0 unspecified atom stereocenters. The van der Waals surface area contributed by atoms with Gasteiger partial charge in [0.2, 0.25) is 11.8 Å². The van der Waals surface area contributed by atoms with E-state index >= 15 is 0 Å². The Morgan fingerprint density at radius 2 is 2.19 bits per heavy atom. The monoisotopic (exact) mass is 223 g/mol. The molecule has 6 nitrogen and oxygen atoms in total. The van der Waals surface area contributed by atoms with Gasteiger partial charge in [-0.15, -0.1) is 0 Å². The van der Waals surface area contributed by atoms with Gasteiger partial charge < -0.3 is 14.8 Å². The Morgan fingerprint density at radius 3 is 2.75 bits per heavy atom. The fourth-order valence-electron chi connectivity index (χ4n) is 1.21. The van der Waals surface area contributed by atoms with Gasteiger partial charge in [0.05, 0.1) is 14.2 Å². The van der Waals surface area contributed by atoms with Crippen LogP contribution in [0.5, 0.6) is 5.88 Å². The molecule has 1 saturated carbocycles. The number of ether oxygens (including phenoxy) is 2. The van der Waals surface area contributed by atoms with Gasteiger partial charge in [0.1, 0.15) is 0 Å². The standard InChI is InChI=1S/C10H13N3O3/c1-15-8-5-7(9(14)16-2)12-10(13-8)11-6-3-4-6/h5-6H,3-4H2,1-2H3,(H,11,12,13). The highest BCUT2D eigenvalue weighted by Crippen LogP contribution is 2.24. The normalized spacial score (nSPS) is 14.4. The first-order chi connectivity index (χ1) is 7.72. The average molecular weight is 223 g/mol. The van der Waals surface area contributed by atoms with Gasteiger partial charge in [0.25, 0.3) is 0 Å². The van der Waals surface area contributed by atoms with Gasteiger partial charge in [-0.25, -0.2) is 9.78 Å². The van der Waals surface area contributed by atoms with Crippen molar-refractivity contribution < 1.29 is 14.3 Å². The lowest BCUT2D eigenvalue weighted by atomic mass is 10.4. The molecule has 0 radical (unpaired) electrons. The summed E-state index contributed by atoms with van der Waals surface area (Å²) in [6, 6.07) is 1.86. The molecule has 1 aliphatic rings. The molecule has 16 heavy (non-hydrogen) atoms. The van der Waals surface area contributed by atoms with E-state index in [1.165, 1.54) is 20.3 Å². The molecule has 2 rings (SSSR count). The first kappa shape index (κ1) is 10.7. The zero-order valence-corrected chi connectivity index (χ0v) is 9.19. The van der Waals surface area contributed by atoms with Crippen LogP contribution in [0.15, 0.2) is 6.07 Å². The number of nitrogens with one attached hydrogen (secondary N) is 1. The van der Waals surface area contributed by atoms with Gasteiger partial charge in [0.15, 0.2) is 5.69 Å². The molecular weight excluding hydrogens is 210 g/mol. The van der Waals surface area contributed by atoms with E-state index in [1.54, 1.807) is 0 Å². The number of esters is 1. The summed E-state index contributed by atoms with van der Waals surface area (Å²) >= 11 is 0. The Kier molecular flexibility index (Phi) is 2.89. The zero-order chi connectivity index (χ0) is 11.5. The van der Waals surface area contributed by atoms with E-state index in [0.29, 0.717) is 17.9 Å². The second kappa shape index (κ2) is 4.34. The molecule has 1 aliphatic carbocycles. The fourth-order valence-corrected chi connectivity index (χ4v) is 1.21. The van der Waals surface area contributed by atoms with Gasteiger partial charge >= 0.3 is 5.97 Å². The maximum Gasteiger partial charge on any atom is 0.357 e. The molecular formula is C10H13N3O3. The van der Waals surface area contributed by atoms with Crippen LogP contribution < -0.4 is 10.1 Å². The van der Waals surface area contributed by atoms with Crippen molar-refractivity contribution in [3.05, 3.63) is 11.8 Å². The van der Waals surface area contributed by atoms with Crippen LogP contribution in [0.2, 0.25) is 0 Å². The molecule has 0 aromatic carbocycles. The third-order valence-corrected chi connectivity index (χ3v) is 2.22. The van der Waals surface area contributed by atoms with Crippen molar-refractivity contribution >= 4 is 11.9 Å². The van der Waals surface area contributed by atoms with Gasteiger partial charge in [-0.05, 0) is 12.8 Å². The molecule has 0 atom stereocenters. The number of methoxy groups -OCH3 is 2. The third kappa shape index (κ3) is 2.39. The highest BCUT2D eigenvalue weighted by Gasteiger charge is 2.23. The summed E-state index contributed by atoms with van der Waals surface area (Å²) in [6.07, 6.45) is 2.21. The highest BCUT2D eigenvalue weighted by atomic mass is 16.5. The molecule has 1 fully saturated rings. The van der Waals surface area contributed by atoms with Crippen LogP contribution in [0.1, 0.15) is 23.3 Å². The maximum absolute atomic E-state index is 11.3. The number of nitrogens with zero attached hydrogens (tertiary/aromatic N) is 2. The molecule has 0 spiro atoms. The Hall–Kier alpha value is -1.85. The molecule has 1 aromatic rings. The Labute approximate surface area is 93.0 Å². The number of aromatic nitrogens is 2. The Balaban J connectivity index is 2.25. The fraction of sp³-hybridized carbons (Fsp3) is 0.500. The van der Waals surface area contributed by atoms with Crippen molar-refractivity contribution in [3.63, 3.8) is 0 Å². The van der Waals surface area contributed by atoms with E-state index in [2.05, 4.69) is 20.0 Å². The predicted octanol–water partition coefficient (Wildman–Crippen LogP) is 0.846. The summed E-state index contributed by atoms with van der Waals surface area (Å²) in [4.78, 5) is 19.5. The minimum Gasteiger partial charge on any atom is -0.481 e. The first-order valence-corrected chi connectivity index (χ1v) is 5.01. The smallest absolute Gasteiger partial charge is 0.357 e. The van der Waals surface area contributed by atoms with Crippen molar-refractivity contribution in [2.24, 2.45) is 0 Å². The van der Waals surface area contributed by atoms with Gasteiger partial charge in [-0.1, -0.05) is 0 Å². The summed E-state index contributed by atoms with van der Waals surface area (Å²) < 4.78 is 9.59. The molecule has 1 aromatic heterocycles. The predicted molar refractivity (Wildman–Crippen MR) is 56.6 cm³/mol. The molecule has 0 saturated heterocycles. The SMILES string of the molecule is COC(=O)c1cc(OC)nc(NC2CC2)n1. The lowest BCUT2D eigenvalue weighted by Gasteiger charge is -2.06. The molecule has 0 aliphatic heterocycles. The second-order valence-electron chi connectivity index (χ2n) is 3.53. The third-order valence-electron chi connectivity index (χ3n) is 2.22.